The number of methoxy groups -OCH3 is 3. The largest absolute Gasteiger partial charge is 0.496 e. The molecule has 0 bridgehead atoms. The maximum atomic E-state index is 13.2. The van der Waals surface area contributed by atoms with Crippen LogP contribution in [0.3, 0.4) is 0 Å². The number of amides is 1. The predicted molar refractivity (Wildman–Crippen MR) is 137 cm³/mol. The fourth-order valence-corrected chi connectivity index (χ4v) is 6.00. The van der Waals surface area contributed by atoms with Crippen LogP contribution in [0, 0.1) is 0 Å². The molecule has 1 aliphatic heterocycles. The number of hydrogen-bond donors (Lipinski definition) is 1. The molecule has 0 aromatic heterocycles. The van der Waals surface area contributed by atoms with E-state index in [9.17, 15) is 18.0 Å². The van der Waals surface area contributed by atoms with Crippen molar-refractivity contribution in [3.05, 3.63) is 82.3 Å². The highest BCUT2D eigenvalue weighted by molar-refractivity contribution is 8.04. The molecule has 0 atom stereocenters. The van der Waals surface area contributed by atoms with Gasteiger partial charge < -0.3 is 19.5 Å². The molecule has 36 heavy (non-hydrogen) atoms. The molecule has 0 unspecified atom stereocenters. The van der Waals surface area contributed by atoms with Crippen molar-refractivity contribution in [1.29, 1.82) is 0 Å². The van der Waals surface area contributed by atoms with E-state index in [1.165, 1.54) is 45.2 Å². The van der Waals surface area contributed by atoms with E-state index >= 15 is 0 Å². The zero-order chi connectivity index (χ0) is 25.9. The summed E-state index contributed by atoms with van der Waals surface area (Å²) >= 11 is 1.23. The minimum Gasteiger partial charge on any atom is -0.496 e. The summed E-state index contributed by atoms with van der Waals surface area (Å²) in [5.41, 5.74) is 1.97. The molecule has 186 valence electrons. The van der Waals surface area contributed by atoms with E-state index in [-0.39, 0.29) is 16.6 Å². The van der Waals surface area contributed by atoms with Crippen molar-refractivity contribution in [2.75, 3.05) is 26.6 Å². The quantitative estimate of drug-likeness (QED) is 0.354. The van der Waals surface area contributed by atoms with E-state index in [1.807, 2.05) is 0 Å². The zero-order valence-corrected chi connectivity index (χ0v) is 21.4. The third-order valence-corrected chi connectivity index (χ3v) is 8.24. The second-order valence-corrected chi connectivity index (χ2v) is 10.8. The first-order valence-electron chi connectivity index (χ1n) is 10.7. The van der Waals surface area contributed by atoms with Gasteiger partial charge in [-0.2, -0.15) is 0 Å². The average molecular weight is 526 g/mol. The predicted octanol–water partition coefficient (Wildman–Crippen LogP) is 4.55. The van der Waals surface area contributed by atoms with Crippen molar-refractivity contribution < 1.29 is 32.2 Å². The summed E-state index contributed by atoms with van der Waals surface area (Å²) in [6.45, 7) is 0. The van der Waals surface area contributed by atoms with Gasteiger partial charge in [0.1, 0.15) is 11.5 Å². The van der Waals surface area contributed by atoms with Gasteiger partial charge in [-0.1, -0.05) is 30.0 Å². The molecule has 4 rings (SSSR count). The third-order valence-electron chi connectivity index (χ3n) is 5.50. The Hall–Kier alpha value is -3.76. The highest BCUT2D eigenvalue weighted by atomic mass is 32.2. The van der Waals surface area contributed by atoms with Crippen LogP contribution >= 0.6 is 11.8 Å². The normalized spacial score (nSPS) is 14.1. The number of thioether (sulfide) groups is 1. The molecule has 3 aromatic rings. The highest BCUT2D eigenvalue weighted by Gasteiger charge is 2.26. The number of fused-ring (bicyclic) bond motifs is 1. The number of anilines is 1. The van der Waals surface area contributed by atoms with E-state index in [1.54, 1.807) is 54.6 Å². The van der Waals surface area contributed by atoms with E-state index in [2.05, 4.69) is 5.32 Å². The van der Waals surface area contributed by atoms with Crippen molar-refractivity contribution in [2.45, 2.75) is 15.5 Å². The van der Waals surface area contributed by atoms with Crippen molar-refractivity contribution in [1.82, 2.24) is 0 Å². The Bertz CT molecular complexity index is 1440. The number of sulfone groups is 1. The van der Waals surface area contributed by atoms with Gasteiger partial charge in [0.05, 0.1) is 53.7 Å². The van der Waals surface area contributed by atoms with Crippen LogP contribution in [0.15, 0.2) is 75.4 Å². The molecular weight excluding hydrogens is 502 g/mol. The molecule has 3 aromatic carbocycles. The number of carbonyl (C=O) groups is 2. The molecule has 1 amide bonds. The summed E-state index contributed by atoms with van der Waals surface area (Å²) in [5, 5.41) is 2.77. The molecule has 0 fully saturated rings. The molecular formula is C26H23NO7S2. The van der Waals surface area contributed by atoms with Gasteiger partial charge in [-0.25, -0.2) is 13.2 Å². The third kappa shape index (κ3) is 5.24. The SMILES string of the molecule is COC(=O)c1ccc(/C=C2\Sc3ccc(S(=O)(=O)Cc4c(OC)cccc4OC)cc3NC2=O)cc1. The lowest BCUT2D eigenvalue weighted by Crippen LogP contribution is -2.18. The lowest BCUT2D eigenvalue weighted by atomic mass is 10.1. The van der Waals surface area contributed by atoms with Gasteiger partial charge in [0.2, 0.25) is 0 Å². The van der Waals surface area contributed by atoms with Crippen molar-refractivity contribution in [3.8, 4) is 11.5 Å². The van der Waals surface area contributed by atoms with Crippen LogP contribution in [0.25, 0.3) is 6.08 Å². The highest BCUT2D eigenvalue weighted by Crippen LogP contribution is 2.41. The Labute approximate surface area is 213 Å². The van der Waals surface area contributed by atoms with Gasteiger partial charge in [-0.15, -0.1) is 0 Å². The average Bonchev–Trinajstić information content (AvgIpc) is 2.88. The Balaban J connectivity index is 1.59. The maximum Gasteiger partial charge on any atom is 0.337 e. The van der Waals surface area contributed by atoms with Crippen molar-refractivity contribution >= 4 is 45.2 Å². The minimum atomic E-state index is -3.78. The first-order chi connectivity index (χ1) is 17.2. The first-order valence-corrected chi connectivity index (χ1v) is 13.2. The number of nitrogens with one attached hydrogen (secondary N) is 1. The number of hydrogen-bond acceptors (Lipinski definition) is 8. The smallest absolute Gasteiger partial charge is 0.337 e. The fraction of sp³-hybridized carbons (Fsp3) is 0.154. The minimum absolute atomic E-state index is 0.0703. The van der Waals surface area contributed by atoms with E-state index in [0.29, 0.717) is 38.1 Å². The van der Waals surface area contributed by atoms with Crippen LogP contribution in [0.5, 0.6) is 11.5 Å². The standard InChI is InChI=1S/C26H23NO7S2/c1-32-21-5-4-6-22(33-2)19(21)15-36(30,31)18-11-12-23-20(14-18)27-25(28)24(35-23)13-16-7-9-17(10-8-16)26(29)34-3/h4-14H,15H2,1-3H3,(H,27,28)/b24-13-. The summed E-state index contributed by atoms with van der Waals surface area (Å²) in [5.74, 6) is -0.302. The first kappa shape index (κ1) is 25.3. The van der Waals surface area contributed by atoms with E-state index in [0.717, 1.165) is 5.56 Å². The maximum absolute atomic E-state index is 13.2. The van der Waals surface area contributed by atoms with Gasteiger partial charge in [-0.05, 0) is 54.1 Å². The van der Waals surface area contributed by atoms with E-state index in [4.69, 9.17) is 14.2 Å². The lowest BCUT2D eigenvalue weighted by molar-refractivity contribution is -0.112. The van der Waals surface area contributed by atoms with Crippen molar-refractivity contribution in [2.24, 2.45) is 0 Å². The molecule has 8 nitrogen and oxygen atoms in total. The molecule has 1 N–H and O–H groups in total. The number of ether oxygens (including phenoxy) is 3. The number of esters is 1. The molecule has 0 aliphatic carbocycles. The summed E-state index contributed by atoms with van der Waals surface area (Å²) in [6, 6.07) is 16.4. The number of rotatable bonds is 7. The molecule has 0 saturated carbocycles. The Morgan fingerprint density at radius 1 is 0.972 bits per heavy atom. The van der Waals surface area contributed by atoms with Crippen LogP contribution in [-0.4, -0.2) is 41.6 Å². The van der Waals surface area contributed by atoms with Gasteiger partial charge in [0.15, 0.2) is 9.84 Å². The molecule has 0 radical (unpaired) electrons. The Kier molecular flexibility index (Phi) is 7.37. The lowest BCUT2D eigenvalue weighted by Gasteiger charge is -2.20. The number of carbonyl (C=O) groups excluding carboxylic acids is 2. The molecule has 1 heterocycles. The van der Waals surface area contributed by atoms with E-state index < -0.39 is 15.8 Å². The van der Waals surface area contributed by atoms with Gasteiger partial charge in [-0.3, -0.25) is 4.79 Å². The van der Waals surface area contributed by atoms with Gasteiger partial charge in [0.25, 0.3) is 5.91 Å². The Morgan fingerprint density at radius 3 is 2.25 bits per heavy atom. The number of benzene rings is 3. The second kappa shape index (κ2) is 10.5. The van der Waals surface area contributed by atoms with Crippen LogP contribution in [0.2, 0.25) is 0 Å². The summed E-state index contributed by atoms with van der Waals surface area (Å²) in [6.07, 6.45) is 1.70. The zero-order valence-electron chi connectivity index (χ0n) is 19.7. The Morgan fingerprint density at radius 2 is 1.64 bits per heavy atom. The molecule has 1 aliphatic rings. The monoisotopic (exact) mass is 525 g/mol. The van der Waals surface area contributed by atoms with Crippen LogP contribution in [-0.2, 0) is 25.1 Å². The molecule has 0 saturated heterocycles. The molecule has 10 heteroatoms. The van der Waals surface area contributed by atoms with Crippen molar-refractivity contribution in [3.63, 3.8) is 0 Å². The summed E-state index contributed by atoms with van der Waals surface area (Å²) < 4.78 is 41.8. The van der Waals surface area contributed by atoms with Gasteiger partial charge >= 0.3 is 5.97 Å². The second-order valence-electron chi connectivity index (χ2n) is 7.74. The fourth-order valence-electron chi connectivity index (χ4n) is 3.66. The van der Waals surface area contributed by atoms with Crippen LogP contribution in [0.1, 0.15) is 21.5 Å². The summed E-state index contributed by atoms with van der Waals surface area (Å²) in [4.78, 5) is 25.6. The van der Waals surface area contributed by atoms with Gasteiger partial charge in [0, 0.05) is 4.90 Å². The molecule has 0 spiro atoms. The van der Waals surface area contributed by atoms with Crippen LogP contribution < -0.4 is 14.8 Å². The summed E-state index contributed by atoms with van der Waals surface area (Å²) in [7, 11) is 0.467. The topological polar surface area (TPSA) is 108 Å². The van der Waals surface area contributed by atoms with Crippen LogP contribution in [0.4, 0.5) is 5.69 Å².